The normalized spacial score (nSPS) is 10.1. The van der Waals surface area contributed by atoms with E-state index >= 15 is 0 Å². The number of aromatic nitrogens is 2. The zero-order valence-electron chi connectivity index (χ0n) is 10.7. The first-order chi connectivity index (χ1) is 9.59. The van der Waals surface area contributed by atoms with E-state index in [1.54, 1.807) is 12.1 Å². The lowest BCUT2D eigenvalue weighted by Crippen LogP contribution is -1.88. The van der Waals surface area contributed by atoms with Gasteiger partial charge in [-0.25, -0.2) is 0 Å². The molecule has 6 nitrogen and oxygen atoms in total. The fourth-order valence-electron chi connectivity index (χ4n) is 1.66. The highest BCUT2D eigenvalue weighted by Gasteiger charge is 2.15. The molecule has 0 radical (unpaired) electrons. The van der Waals surface area contributed by atoms with Crippen molar-refractivity contribution in [3.63, 3.8) is 0 Å². The van der Waals surface area contributed by atoms with Gasteiger partial charge in [0.25, 0.3) is 5.69 Å². The molecule has 1 aromatic heterocycles. The first-order valence-corrected chi connectivity index (χ1v) is 6.82. The molecule has 0 fully saturated rings. The van der Waals surface area contributed by atoms with E-state index in [4.69, 9.17) is 0 Å². The predicted octanol–water partition coefficient (Wildman–Crippen LogP) is 2.49. The van der Waals surface area contributed by atoms with Gasteiger partial charge in [-0.15, -0.1) is 0 Å². The Balaban J connectivity index is 2.20. The van der Waals surface area contributed by atoms with Crippen molar-refractivity contribution >= 4 is 33.5 Å². The molecule has 0 aliphatic carbocycles. The van der Waals surface area contributed by atoms with Crippen LogP contribution in [0.15, 0.2) is 18.2 Å². The van der Waals surface area contributed by atoms with Crippen LogP contribution >= 0.6 is 11.8 Å². The summed E-state index contributed by atoms with van der Waals surface area (Å²) in [5, 5.41) is 18.2. The maximum absolute atomic E-state index is 10.9. The zero-order chi connectivity index (χ0) is 14.5. The average molecular weight is 289 g/mol. The van der Waals surface area contributed by atoms with Crippen molar-refractivity contribution in [1.29, 1.82) is 0 Å². The van der Waals surface area contributed by atoms with Gasteiger partial charge < -0.3 is 0 Å². The van der Waals surface area contributed by atoms with Crippen LogP contribution in [0.5, 0.6) is 0 Å². The smallest absolute Gasteiger partial charge is 0.288 e. The number of non-ortho nitro benzene ring substituents is 1. The van der Waals surface area contributed by atoms with Gasteiger partial charge in [-0.2, -0.15) is 5.10 Å². The number of rotatable bonds is 3. The molecule has 2 rings (SSSR count). The summed E-state index contributed by atoms with van der Waals surface area (Å²) in [4.78, 5) is 21.1. The van der Waals surface area contributed by atoms with Crippen LogP contribution in [0, 0.1) is 22.0 Å². The summed E-state index contributed by atoms with van der Waals surface area (Å²) in [6, 6.07) is 4.75. The van der Waals surface area contributed by atoms with Crippen LogP contribution in [0.3, 0.4) is 0 Å². The summed E-state index contributed by atoms with van der Waals surface area (Å²) in [6.45, 7) is 1.51. The number of thioether (sulfide) groups is 1. The van der Waals surface area contributed by atoms with Crippen LogP contribution in [0.2, 0.25) is 0 Å². The second kappa shape index (κ2) is 6.21. The fourth-order valence-corrected chi connectivity index (χ4v) is 2.15. The molecule has 20 heavy (non-hydrogen) atoms. The Hall–Kier alpha value is -2.33. The quantitative estimate of drug-likeness (QED) is 0.406. The average Bonchev–Trinajstić information content (AvgIpc) is 2.81. The molecule has 0 bridgehead atoms. The molecule has 102 valence electrons. The Morgan fingerprint density at radius 3 is 3.05 bits per heavy atom. The number of nitrogens with one attached hydrogen (secondary N) is 1. The summed E-state index contributed by atoms with van der Waals surface area (Å²) < 4.78 is 0. The predicted molar refractivity (Wildman–Crippen MR) is 77.4 cm³/mol. The molecule has 1 heterocycles. The number of hydrogen-bond donors (Lipinski definition) is 1. The van der Waals surface area contributed by atoms with Crippen molar-refractivity contribution in [2.75, 3.05) is 5.75 Å². The third-order valence-corrected chi connectivity index (χ3v) is 3.32. The SMILES string of the molecule is CC(=O)SCCC#Cc1[nH]nc2c([N+](=O)[O-])cccc12. The molecular weight excluding hydrogens is 278 g/mol. The van der Waals surface area contributed by atoms with E-state index in [1.807, 2.05) is 0 Å². The molecule has 0 spiro atoms. The number of carbonyl (C=O) groups is 1. The highest BCUT2D eigenvalue weighted by molar-refractivity contribution is 8.13. The molecule has 0 saturated carbocycles. The van der Waals surface area contributed by atoms with Gasteiger partial charge in [0, 0.05) is 30.6 Å². The van der Waals surface area contributed by atoms with E-state index in [0.29, 0.717) is 28.8 Å². The molecule has 1 aromatic carbocycles. The lowest BCUT2D eigenvalue weighted by atomic mass is 10.2. The summed E-state index contributed by atoms with van der Waals surface area (Å²) in [5.41, 5.74) is 0.815. The Labute approximate surface area is 119 Å². The van der Waals surface area contributed by atoms with E-state index in [1.165, 1.54) is 24.8 Å². The Bertz CT molecular complexity index is 727. The zero-order valence-corrected chi connectivity index (χ0v) is 11.5. The van der Waals surface area contributed by atoms with Crippen molar-refractivity contribution in [3.8, 4) is 11.8 Å². The number of hydrogen-bond acceptors (Lipinski definition) is 5. The summed E-state index contributed by atoms with van der Waals surface area (Å²) >= 11 is 1.22. The van der Waals surface area contributed by atoms with E-state index in [9.17, 15) is 14.9 Å². The maximum atomic E-state index is 10.9. The van der Waals surface area contributed by atoms with Crippen LogP contribution in [0.4, 0.5) is 5.69 Å². The standard InChI is InChI=1S/C13H11N3O3S/c1-9(17)20-8-3-2-6-11-10-5-4-7-12(16(18)19)13(10)15-14-11/h4-5,7H,3,8H2,1H3,(H,14,15). The first kappa shape index (κ1) is 14.1. The van der Waals surface area contributed by atoms with Gasteiger partial charge >= 0.3 is 0 Å². The lowest BCUT2D eigenvalue weighted by Gasteiger charge is -1.91. The van der Waals surface area contributed by atoms with Crippen LogP contribution in [0.1, 0.15) is 19.0 Å². The number of H-pyrrole nitrogens is 1. The van der Waals surface area contributed by atoms with Crippen molar-refractivity contribution in [3.05, 3.63) is 34.0 Å². The molecule has 7 heteroatoms. The number of fused-ring (bicyclic) bond motifs is 1. The minimum absolute atomic E-state index is 0.0427. The molecule has 0 saturated heterocycles. The highest BCUT2D eigenvalue weighted by Crippen LogP contribution is 2.24. The number of benzene rings is 1. The molecule has 0 unspecified atom stereocenters. The molecule has 0 atom stereocenters. The van der Waals surface area contributed by atoms with Crippen LogP contribution < -0.4 is 0 Å². The minimum Gasteiger partial charge on any atom is -0.288 e. The Morgan fingerprint density at radius 1 is 1.55 bits per heavy atom. The largest absolute Gasteiger partial charge is 0.297 e. The van der Waals surface area contributed by atoms with E-state index in [-0.39, 0.29) is 10.8 Å². The minimum atomic E-state index is -0.468. The van der Waals surface area contributed by atoms with Gasteiger partial charge in [-0.05, 0) is 12.0 Å². The van der Waals surface area contributed by atoms with Gasteiger partial charge in [0.05, 0.1) is 4.92 Å². The first-order valence-electron chi connectivity index (χ1n) is 5.83. The van der Waals surface area contributed by atoms with E-state index < -0.39 is 4.92 Å². The number of aromatic amines is 1. The number of carbonyl (C=O) groups excluding carboxylic acids is 1. The van der Waals surface area contributed by atoms with Crippen molar-refractivity contribution in [2.45, 2.75) is 13.3 Å². The fraction of sp³-hybridized carbons (Fsp3) is 0.231. The van der Waals surface area contributed by atoms with E-state index in [0.717, 1.165) is 0 Å². The third kappa shape index (κ3) is 3.16. The lowest BCUT2D eigenvalue weighted by molar-refractivity contribution is -0.383. The molecular formula is C13H11N3O3S. The van der Waals surface area contributed by atoms with Crippen LogP contribution in [-0.2, 0) is 4.79 Å². The third-order valence-electron chi connectivity index (χ3n) is 2.51. The van der Waals surface area contributed by atoms with Gasteiger partial charge in [0.2, 0.25) is 0 Å². The number of nitrogens with zero attached hydrogens (tertiary/aromatic N) is 2. The van der Waals surface area contributed by atoms with Gasteiger partial charge in [-0.3, -0.25) is 20.0 Å². The molecule has 2 aromatic rings. The van der Waals surface area contributed by atoms with Gasteiger partial charge in [0.15, 0.2) is 10.6 Å². The maximum Gasteiger partial charge on any atom is 0.297 e. The monoisotopic (exact) mass is 289 g/mol. The van der Waals surface area contributed by atoms with E-state index in [2.05, 4.69) is 22.0 Å². The van der Waals surface area contributed by atoms with Crippen LogP contribution in [0.25, 0.3) is 10.9 Å². The van der Waals surface area contributed by atoms with Gasteiger partial charge in [-0.1, -0.05) is 23.7 Å². The van der Waals surface area contributed by atoms with Crippen molar-refractivity contribution in [1.82, 2.24) is 10.2 Å². The Morgan fingerprint density at radius 2 is 2.35 bits per heavy atom. The summed E-state index contributed by atoms with van der Waals surface area (Å²) in [7, 11) is 0. The second-order valence-electron chi connectivity index (χ2n) is 3.92. The van der Waals surface area contributed by atoms with Crippen molar-refractivity contribution in [2.24, 2.45) is 0 Å². The number of nitro groups is 1. The highest BCUT2D eigenvalue weighted by atomic mass is 32.2. The summed E-state index contributed by atoms with van der Waals surface area (Å²) in [5.74, 6) is 6.45. The molecule has 0 aliphatic rings. The number of para-hydroxylation sites is 1. The summed E-state index contributed by atoms with van der Waals surface area (Å²) in [6.07, 6.45) is 0.569. The topological polar surface area (TPSA) is 88.9 Å². The van der Waals surface area contributed by atoms with Crippen LogP contribution in [-0.4, -0.2) is 26.0 Å². The molecule has 0 aliphatic heterocycles. The second-order valence-corrected chi connectivity index (χ2v) is 5.19. The Kier molecular flexibility index (Phi) is 4.38. The van der Waals surface area contributed by atoms with Gasteiger partial charge in [0.1, 0.15) is 5.69 Å². The number of nitro benzene ring substituents is 1. The molecule has 0 amide bonds. The molecule has 1 N–H and O–H groups in total. The van der Waals surface area contributed by atoms with Crippen molar-refractivity contribution < 1.29 is 9.72 Å².